The molecule has 0 aliphatic carbocycles. The van der Waals surface area contributed by atoms with Crippen molar-refractivity contribution in [2.45, 2.75) is 38.1 Å². The number of likely N-dealkylation sites (tertiary alicyclic amines) is 1. The van der Waals surface area contributed by atoms with Crippen LogP contribution in [0, 0.1) is 0 Å². The van der Waals surface area contributed by atoms with Gasteiger partial charge >= 0.3 is 0 Å². The molecule has 0 spiro atoms. The Morgan fingerprint density at radius 3 is 2.39 bits per heavy atom. The summed E-state index contributed by atoms with van der Waals surface area (Å²) < 4.78 is 5.20. The van der Waals surface area contributed by atoms with Gasteiger partial charge in [-0.25, -0.2) is 0 Å². The number of ketones is 1. The number of carbonyl (C=O) groups is 1. The van der Waals surface area contributed by atoms with Crippen LogP contribution in [0.15, 0.2) is 59.8 Å². The number of piperidine rings is 1. The maximum atomic E-state index is 12.9. The summed E-state index contributed by atoms with van der Waals surface area (Å²) in [7, 11) is 1.62. The summed E-state index contributed by atoms with van der Waals surface area (Å²) in [6, 6.07) is 17.4. The van der Waals surface area contributed by atoms with E-state index in [0.29, 0.717) is 31.6 Å². The van der Waals surface area contributed by atoms with E-state index in [1.807, 2.05) is 54.6 Å². The minimum atomic E-state index is 0.0164. The fourth-order valence-electron chi connectivity index (χ4n) is 3.99. The van der Waals surface area contributed by atoms with E-state index in [0.717, 1.165) is 43.0 Å². The number of hydrogen-bond acceptors (Lipinski definition) is 6. The summed E-state index contributed by atoms with van der Waals surface area (Å²) >= 11 is 0. The van der Waals surface area contributed by atoms with Crippen LogP contribution >= 0.6 is 0 Å². The Balaban J connectivity index is 1.81. The maximum Gasteiger partial charge on any atom is 0.162 e. The summed E-state index contributed by atoms with van der Waals surface area (Å²) in [5.74, 6) is 0.873. The lowest BCUT2D eigenvalue weighted by Crippen LogP contribution is -2.45. The highest BCUT2D eigenvalue weighted by Crippen LogP contribution is 2.22. The van der Waals surface area contributed by atoms with Crippen LogP contribution in [0.4, 0.5) is 0 Å². The van der Waals surface area contributed by atoms with Gasteiger partial charge in [-0.1, -0.05) is 41.9 Å². The molecule has 0 bridgehead atoms. The van der Waals surface area contributed by atoms with Crippen LogP contribution in [-0.2, 0) is 4.84 Å². The molecular formula is C25H33N3O3. The number of methoxy groups -OCH3 is 1. The van der Waals surface area contributed by atoms with Crippen LogP contribution < -0.4 is 10.5 Å². The van der Waals surface area contributed by atoms with Crippen molar-refractivity contribution in [1.82, 2.24) is 4.90 Å². The molecule has 1 heterocycles. The largest absolute Gasteiger partial charge is 0.497 e. The Labute approximate surface area is 185 Å². The molecule has 0 amide bonds. The van der Waals surface area contributed by atoms with Crippen molar-refractivity contribution >= 4 is 11.5 Å². The topological polar surface area (TPSA) is 77.1 Å². The molecular weight excluding hydrogens is 390 g/mol. The Hall–Kier alpha value is -2.70. The quantitative estimate of drug-likeness (QED) is 0.257. The molecule has 1 saturated heterocycles. The molecule has 31 heavy (non-hydrogen) atoms. The first-order valence-electron chi connectivity index (χ1n) is 11.1. The fourth-order valence-corrected chi connectivity index (χ4v) is 3.99. The third kappa shape index (κ3) is 6.64. The molecule has 1 atom stereocenters. The summed E-state index contributed by atoms with van der Waals surface area (Å²) in [6.45, 7) is 2.79. The number of carbonyl (C=O) groups excluding carboxylic acids is 1. The molecule has 6 heteroatoms. The first-order valence-corrected chi connectivity index (χ1v) is 11.1. The van der Waals surface area contributed by atoms with Crippen LogP contribution in [0.25, 0.3) is 0 Å². The Kier molecular flexibility index (Phi) is 9.06. The van der Waals surface area contributed by atoms with E-state index in [1.54, 1.807) is 7.11 Å². The molecule has 1 unspecified atom stereocenters. The standard InChI is InChI=1S/C25H33N3O3/c1-30-22-12-10-20(11-13-22)24(29)15-14-23(28-17-6-3-7-18-28)25(27-31-19-16-26)21-8-4-2-5-9-21/h2,4-5,8-13,23H,3,6-7,14-19,26H2,1H3. The van der Waals surface area contributed by atoms with Crippen molar-refractivity contribution < 1.29 is 14.4 Å². The maximum absolute atomic E-state index is 12.9. The van der Waals surface area contributed by atoms with Crippen LogP contribution in [0.5, 0.6) is 5.75 Å². The van der Waals surface area contributed by atoms with E-state index in [2.05, 4.69) is 10.1 Å². The van der Waals surface area contributed by atoms with Crippen LogP contribution in [-0.4, -0.2) is 55.8 Å². The van der Waals surface area contributed by atoms with Crippen LogP contribution in [0.3, 0.4) is 0 Å². The molecule has 1 aliphatic heterocycles. The van der Waals surface area contributed by atoms with E-state index >= 15 is 0 Å². The fraction of sp³-hybridized carbons (Fsp3) is 0.440. The second kappa shape index (κ2) is 12.2. The van der Waals surface area contributed by atoms with E-state index < -0.39 is 0 Å². The molecule has 0 aromatic heterocycles. The number of ether oxygens (including phenoxy) is 1. The van der Waals surface area contributed by atoms with E-state index in [9.17, 15) is 4.79 Å². The predicted octanol–water partition coefficient (Wildman–Crippen LogP) is 3.89. The Morgan fingerprint density at radius 1 is 1.03 bits per heavy atom. The minimum absolute atomic E-state index is 0.0164. The summed E-state index contributed by atoms with van der Waals surface area (Å²) in [5.41, 5.74) is 8.20. The highest BCUT2D eigenvalue weighted by Gasteiger charge is 2.28. The number of hydrogen-bond donors (Lipinski definition) is 1. The van der Waals surface area contributed by atoms with Gasteiger partial charge in [0, 0.05) is 24.1 Å². The van der Waals surface area contributed by atoms with Crippen molar-refractivity contribution in [3.8, 4) is 5.75 Å². The van der Waals surface area contributed by atoms with Gasteiger partial charge in [0.05, 0.1) is 13.2 Å². The van der Waals surface area contributed by atoms with Crippen LogP contribution in [0.2, 0.25) is 0 Å². The number of nitrogens with two attached hydrogens (primary N) is 1. The number of benzene rings is 2. The van der Waals surface area contributed by atoms with Gasteiger partial charge < -0.3 is 15.3 Å². The normalized spacial score (nSPS) is 16.0. The van der Waals surface area contributed by atoms with Gasteiger partial charge in [-0.2, -0.15) is 0 Å². The van der Waals surface area contributed by atoms with Gasteiger partial charge in [-0.15, -0.1) is 0 Å². The van der Waals surface area contributed by atoms with E-state index in [4.69, 9.17) is 15.3 Å². The zero-order valence-electron chi connectivity index (χ0n) is 18.3. The molecule has 1 aliphatic rings. The highest BCUT2D eigenvalue weighted by molar-refractivity contribution is 6.04. The molecule has 6 nitrogen and oxygen atoms in total. The molecule has 2 aromatic rings. The Bertz CT molecular complexity index is 831. The van der Waals surface area contributed by atoms with Crippen LogP contribution in [0.1, 0.15) is 48.0 Å². The lowest BCUT2D eigenvalue weighted by atomic mass is 9.93. The Morgan fingerprint density at radius 2 is 1.74 bits per heavy atom. The zero-order chi connectivity index (χ0) is 21.9. The summed E-state index contributed by atoms with van der Waals surface area (Å²) in [6.07, 6.45) is 4.69. The monoisotopic (exact) mass is 423 g/mol. The van der Waals surface area contributed by atoms with Crippen molar-refractivity contribution in [3.05, 3.63) is 65.7 Å². The summed E-state index contributed by atoms with van der Waals surface area (Å²) in [5, 5.41) is 4.50. The van der Waals surface area contributed by atoms with Gasteiger partial charge in [0.2, 0.25) is 0 Å². The van der Waals surface area contributed by atoms with E-state index in [-0.39, 0.29) is 11.8 Å². The van der Waals surface area contributed by atoms with Gasteiger partial charge in [-0.05, 0) is 56.6 Å². The predicted molar refractivity (Wildman–Crippen MR) is 124 cm³/mol. The van der Waals surface area contributed by atoms with Gasteiger partial charge in [-0.3, -0.25) is 9.69 Å². The smallest absolute Gasteiger partial charge is 0.162 e. The lowest BCUT2D eigenvalue weighted by molar-refractivity contribution is 0.0963. The van der Waals surface area contributed by atoms with Gasteiger partial charge in [0.25, 0.3) is 0 Å². The zero-order valence-corrected chi connectivity index (χ0v) is 18.3. The first-order chi connectivity index (χ1) is 15.2. The molecule has 0 saturated carbocycles. The molecule has 166 valence electrons. The van der Waals surface area contributed by atoms with Crippen molar-refractivity contribution in [2.24, 2.45) is 10.9 Å². The van der Waals surface area contributed by atoms with E-state index in [1.165, 1.54) is 6.42 Å². The first kappa shape index (κ1) is 23.0. The highest BCUT2D eigenvalue weighted by atomic mass is 16.6. The summed E-state index contributed by atoms with van der Waals surface area (Å²) in [4.78, 5) is 20.9. The number of nitrogens with zero attached hydrogens (tertiary/aromatic N) is 2. The second-order valence-corrected chi connectivity index (χ2v) is 7.77. The second-order valence-electron chi connectivity index (χ2n) is 7.77. The van der Waals surface area contributed by atoms with Crippen molar-refractivity contribution in [3.63, 3.8) is 0 Å². The molecule has 2 aromatic carbocycles. The number of Topliss-reactive ketones (excluding diaryl/α,β-unsaturated/α-hetero) is 1. The molecule has 0 radical (unpaired) electrons. The van der Waals surface area contributed by atoms with Gasteiger partial charge in [0.15, 0.2) is 5.78 Å². The van der Waals surface area contributed by atoms with Gasteiger partial charge in [0.1, 0.15) is 18.1 Å². The molecule has 1 fully saturated rings. The lowest BCUT2D eigenvalue weighted by Gasteiger charge is -2.35. The van der Waals surface area contributed by atoms with Crippen molar-refractivity contribution in [1.29, 1.82) is 0 Å². The van der Waals surface area contributed by atoms with Crippen molar-refractivity contribution in [2.75, 3.05) is 33.4 Å². The SMILES string of the molecule is COc1ccc(C(=O)CCC(C(=NOCCN)c2ccccc2)N2CCCCC2)cc1. The third-order valence-electron chi connectivity index (χ3n) is 5.65. The molecule has 2 N–H and O–H groups in total. The minimum Gasteiger partial charge on any atom is -0.497 e. The average Bonchev–Trinajstić information content (AvgIpc) is 2.84. The number of rotatable bonds is 11. The number of oxime groups is 1. The molecule has 3 rings (SSSR count). The average molecular weight is 424 g/mol. The third-order valence-corrected chi connectivity index (χ3v) is 5.65.